The van der Waals surface area contributed by atoms with Gasteiger partial charge < -0.3 is 9.47 Å². The van der Waals surface area contributed by atoms with Gasteiger partial charge in [-0.3, -0.25) is 9.78 Å². The van der Waals surface area contributed by atoms with Crippen LogP contribution in [0.1, 0.15) is 36.2 Å². The smallest absolute Gasteiger partial charge is 0.417 e. The van der Waals surface area contributed by atoms with Crippen LogP contribution in [0.25, 0.3) is 11.3 Å². The number of rotatable bonds is 6. The van der Waals surface area contributed by atoms with Gasteiger partial charge >= 0.3 is 18.1 Å². The van der Waals surface area contributed by atoms with E-state index in [1.165, 1.54) is 6.92 Å². The van der Waals surface area contributed by atoms with Crippen molar-refractivity contribution in [3.63, 3.8) is 0 Å². The largest absolute Gasteiger partial charge is 0.466 e. The van der Waals surface area contributed by atoms with Gasteiger partial charge in [0.05, 0.1) is 39.9 Å². The van der Waals surface area contributed by atoms with Crippen molar-refractivity contribution >= 4 is 35.1 Å². The maximum absolute atomic E-state index is 14.4. The number of esters is 2. The average molecular weight is 468 g/mol. The first-order valence-corrected chi connectivity index (χ1v) is 9.28. The number of aromatic nitrogens is 1. The van der Waals surface area contributed by atoms with Gasteiger partial charge in [-0.15, -0.1) is 0 Å². The molecule has 0 radical (unpaired) electrons. The van der Waals surface area contributed by atoms with E-state index in [-0.39, 0.29) is 34.9 Å². The molecule has 0 spiro atoms. The van der Waals surface area contributed by atoms with Crippen molar-refractivity contribution in [2.24, 2.45) is 0 Å². The van der Waals surface area contributed by atoms with Crippen molar-refractivity contribution in [2.45, 2.75) is 32.5 Å². The van der Waals surface area contributed by atoms with E-state index in [9.17, 15) is 27.2 Å². The molecule has 1 unspecified atom stereocenters. The molecular formula is C19H15Cl2F4NO4. The van der Waals surface area contributed by atoms with Crippen LogP contribution in [0.3, 0.4) is 0 Å². The number of nitrogens with zero attached hydrogens (tertiary/aromatic N) is 1. The molecule has 2 rings (SSSR count). The summed E-state index contributed by atoms with van der Waals surface area (Å²) in [6.45, 7) is 3.23. The second-order valence-corrected chi connectivity index (χ2v) is 6.90. The van der Waals surface area contributed by atoms with Gasteiger partial charge in [0.1, 0.15) is 11.9 Å². The normalized spacial score (nSPS) is 12.4. The molecule has 0 bridgehead atoms. The highest BCUT2D eigenvalue weighted by atomic mass is 35.5. The van der Waals surface area contributed by atoms with Gasteiger partial charge in [-0.1, -0.05) is 23.2 Å². The third-order valence-electron chi connectivity index (χ3n) is 3.77. The lowest BCUT2D eigenvalue weighted by Crippen LogP contribution is -2.20. The predicted octanol–water partition coefficient (Wildman–Crippen LogP) is 5.71. The molecular weight excluding hydrogens is 453 g/mol. The highest BCUT2D eigenvalue weighted by Gasteiger charge is 2.32. The Balaban J connectivity index is 2.34. The molecule has 0 amide bonds. The van der Waals surface area contributed by atoms with Crippen LogP contribution in [0.5, 0.6) is 0 Å². The van der Waals surface area contributed by atoms with E-state index in [0.717, 1.165) is 12.1 Å². The zero-order valence-corrected chi connectivity index (χ0v) is 17.2. The molecule has 162 valence electrons. The van der Waals surface area contributed by atoms with E-state index in [0.29, 0.717) is 12.3 Å². The van der Waals surface area contributed by atoms with Crippen LogP contribution in [0.2, 0.25) is 10.0 Å². The van der Waals surface area contributed by atoms with Gasteiger partial charge in [0.25, 0.3) is 0 Å². The van der Waals surface area contributed by atoms with Gasteiger partial charge in [-0.05, 0) is 32.0 Å². The predicted molar refractivity (Wildman–Crippen MR) is 101 cm³/mol. The monoisotopic (exact) mass is 467 g/mol. The van der Waals surface area contributed by atoms with E-state index in [2.05, 4.69) is 4.98 Å². The number of carbonyl (C=O) groups is 2. The summed E-state index contributed by atoms with van der Waals surface area (Å²) < 4.78 is 62.6. The van der Waals surface area contributed by atoms with Crippen molar-refractivity contribution in [3.8, 4) is 11.3 Å². The fraction of sp³-hybridized carbons (Fsp3) is 0.316. The molecule has 0 N–H and O–H groups in total. The first kappa shape index (κ1) is 23.9. The molecule has 0 aliphatic rings. The molecule has 0 saturated heterocycles. The molecule has 5 nitrogen and oxygen atoms in total. The van der Waals surface area contributed by atoms with Crippen LogP contribution in [-0.2, 0) is 20.4 Å². The molecule has 0 fully saturated rings. The fourth-order valence-electron chi connectivity index (χ4n) is 2.42. The summed E-state index contributed by atoms with van der Waals surface area (Å²) in [6, 6.07) is 2.36. The van der Waals surface area contributed by atoms with E-state index in [4.69, 9.17) is 32.7 Å². The second kappa shape index (κ2) is 9.61. The lowest BCUT2D eigenvalue weighted by atomic mass is 10.1. The number of pyridine rings is 1. The molecule has 1 aromatic carbocycles. The summed E-state index contributed by atoms with van der Waals surface area (Å²) in [7, 11) is 0. The SMILES string of the molecule is CCOC(=O)CC(C)OC(=O)c1cc(-c2ncc(C(F)(F)F)cc2Cl)c(F)cc1Cl. The van der Waals surface area contributed by atoms with Crippen LogP contribution in [0, 0.1) is 5.82 Å². The van der Waals surface area contributed by atoms with Crippen LogP contribution in [0.15, 0.2) is 24.4 Å². The fourth-order valence-corrected chi connectivity index (χ4v) is 2.92. The third kappa shape index (κ3) is 5.82. The molecule has 2 aromatic rings. The lowest BCUT2D eigenvalue weighted by Gasteiger charge is -2.15. The van der Waals surface area contributed by atoms with Crippen molar-refractivity contribution < 1.29 is 36.6 Å². The van der Waals surface area contributed by atoms with E-state index in [1.54, 1.807) is 6.92 Å². The summed E-state index contributed by atoms with van der Waals surface area (Å²) in [4.78, 5) is 27.4. The number of hydrogen-bond acceptors (Lipinski definition) is 5. The summed E-state index contributed by atoms with van der Waals surface area (Å²) in [5.41, 5.74) is -2.05. The Labute approximate surface area is 178 Å². The topological polar surface area (TPSA) is 65.5 Å². The van der Waals surface area contributed by atoms with Crippen molar-refractivity contribution in [1.82, 2.24) is 4.98 Å². The quantitative estimate of drug-likeness (QED) is 0.402. The Morgan fingerprint density at radius 2 is 1.83 bits per heavy atom. The first-order valence-electron chi connectivity index (χ1n) is 8.52. The van der Waals surface area contributed by atoms with Gasteiger partial charge in [0, 0.05) is 11.8 Å². The minimum atomic E-state index is -4.68. The third-order valence-corrected chi connectivity index (χ3v) is 4.37. The molecule has 0 saturated carbocycles. The van der Waals surface area contributed by atoms with Gasteiger partial charge in [0.15, 0.2) is 0 Å². The number of halogens is 6. The van der Waals surface area contributed by atoms with Gasteiger partial charge in [-0.2, -0.15) is 13.2 Å². The summed E-state index contributed by atoms with van der Waals surface area (Å²) in [5, 5.41) is -0.770. The number of benzene rings is 1. The average Bonchev–Trinajstić information content (AvgIpc) is 2.61. The molecule has 30 heavy (non-hydrogen) atoms. The Hall–Kier alpha value is -2.39. The number of carbonyl (C=O) groups excluding carboxylic acids is 2. The molecule has 1 aromatic heterocycles. The molecule has 1 atom stereocenters. The van der Waals surface area contributed by atoms with Crippen molar-refractivity contribution in [2.75, 3.05) is 6.61 Å². The summed E-state index contributed by atoms with van der Waals surface area (Å²) >= 11 is 11.8. The van der Waals surface area contributed by atoms with Gasteiger partial charge in [0.2, 0.25) is 0 Å². The lowest BCUT2D eigenvalue weighted by molar-refractivity contribution is -0.145. The Morgan fingerprint density at radius 1 is 1.17 bits per heavy atom. The van der Waals surface area contributed by atoms with Crippen LogP contribution >= 0.6 is 23.2 Å². The minimum Gasteiger partial charge on any atom is -0.466 e. The number of hydrogen-bond donors (Lipinski definition) is 0. The van der Waals surface area contributed by atoms with E-state index in [1.807, 2.05) is 0 Å². The van der Waals surface area contributed by atoms with Crippen molar-refractivity contribution in [1.29, 1.82) is 0 Å². The van der Waals surface area contributed by atoms with Crippen LogP contribution < -0.4 is 0 Å². The number of ether oxygens (including phenoxy) is 2. The molecule has 11 heteroatoms. The van der Waals surface area contributed by atoms with Gasteiger partial charge in [-0.25, -0.2) is 9.18 Å². The van der Waals surface area contributed by atoms with E-state index >= 15 is 0 Å². The Morgan fingerprint density at radius 3 is 2.40 bits per heavy atom. The highest BCUT2D eigenvalue weighted by Crippen LogP contribution is 2.36. The Kier molecular flexibility index (Phi) is 7.65. The van der Waals surface area contributed by atoms with E-state index < -0.39 is 40.6 Å². The van der Waals surface area contributed by atoms with Crippen molar-refractivity contribution in [3.05, 3.63) is 51.4 Å². The molecule has 1 heterocycles. The maximum atomic E-state index is 14.4. The highest BCUT2D eigenvalue weighted by molar-refractivity contribution is 6.34. The zero-order valence-electron chi connectivity index (χ0n) is 15.6. The maximum Gasteiger partial charge on any atom is 0.417 e. The summed E-state index contributed by atoms with van der Waals surface area (Å²) in [6.07, 6.45) is -5.27. The molecule has 0 aliphatic heterocycles. The second-order valence-electron chi connectivity index (χ2n) is 6.09. The van der Waals surface area contributed by atoms with Crippen LogP contribution in [0.4, 0.5) is 17.6 Å². The zero-order chi connectivity index (χ0) is 22.6. The molecule has 0 aliphatic carbocycles. The summed E-state index contributed by atoms with van der Waals surface area (Å²) in [5.74, 6) is -2.50. The first-order chi connectivity index (χ1) is 13.9. The van der Waals surface area contributed by atoms with Crippen LogP contribution in [-0.4, -0.2) is 29.6 Å². The number of alkyl halides is 3. The minimum absolute atomic E-state index is 0.160. The Bertz CT molecular complexity index is 966. The standard InChI is InChI=1S/C19H15Cl2F4NO4/c1-3-29-16(27)4-9(2)30-18(28)11-6-12(15(22)7-13(11)20)17-14(21)5-10(8-26-17)19(23,24)25/h5-9H,3-4H2,1-2H3.